The van der Waals surface area contributed by atoms with Gasteiger partial charge in [0.2, 0.25) is 5.82 Å². The maximum absolute atomic E-state index is 13.9. The molecule has 0 heterocycles. The zero-order valence-electron chi connectivity index (χ0n) is 9.70. The Balaban J connectivity index is 2.41. The van der Waals surface area contributed by atoms with Gasteiger partial charge in [-0.3, -0.25) is 0 Å². The quantitative estimate of drug-likeness (QED) is 0.735. The van der Waals surface area contributed by atoms with Crippen LogP contribution in [-0.2, 0) is 0 Å². The zero-order chi connectivity index (χ0) is 13.0. The van der Waals surface area contributed by atoms with Gasteiger partial charge < -0.3 is 4.74 Å². The molecule has 0 aliphatic rings. The van der Waals surface area contributed by atoms with E-state index in [0.717, 1.165) is 0 Å². The summed E-state index contributed by atoms with van der Waals surface area (Å²) in [6.45, 7) is 3.59. The lowest BCUT2D eigenvalue weighted by molar-refractivity contribution is 0.333. The van der Waals surface area contributed by atoms with Crippen LogP contribution in [0.1, 0.15) is 0 Å². The molecule has 0 fully saturated rings. The molecule has 0 N–H and O–H groups in total. The number of hydrogen-bond acceptors (Lipinski definition) is 1. The van der Waals surface area contributed by atoms with E-state index in [1.165, 1.54) is 18.2 Å². The van der Waals surface area contributed by atoms with Gasteiger partial charge in [0.25, 0.3) is 0 Å². The Bertz CT molecular complexity index is 550. The van der Waals surface area contributed by atoms with Gasteiger partial charge in [0.05, 0.1) is 0 Å². The Hall–Kier alpha value is -2.16. The first kappa shape index (κ1) is 12.3. The molecule has 18 heavy (non-hydrogen) atoms. The maximum Gasteiger partial charge on any atom is 0.201 e. The van der Waals surface area contributed by atoms with Gasteiger partial charge in [-0.25, -0.2) is 4.39 Å². The number of benzene rings is 2. The predicted octanol–water partition coefficient (Wildman–Crippen LogP) is 4.20. The molecule has 0 spiro atoms. The molecule has 0 saturated heterocycles. The molecule has 0 radical (unpaired) electrons. The van der Waals surface area contributed by atoms with Crippen LogP contribution in [0.2, 0.25) is 0 Å². The predicted molar refractivity (Wildman–Crippen MR) is 67.5 cm³/mol. The highest BCUT2D eigenvalue weighted by atomic mass is 19.2. The highest BCUT2D eigenvalue weighted by Gasteiger charge is 2.15. The van der Waals surface area contributed by atoms with Crippen molar-refractivity contribution in [2.75, 3.05) is 6.61 Å². The van der Waals surface area contributed by atoms with Crippen LogP contribution in [0.3, 0.4) is 0 Å². The third kappa shape index (κ3) is 2.40. The van der Waals surface area contributed by atoms with Crippen molar-refractivity contribution < 1.29 is 13.5 Å². The summed E-state index contributed by atoms with van der Waals surface area (Å²) < 4.78 is 32.7. The Morgan fingerprint density at radius 2 is 1.72 bits per heavy atom. The number of ether oxygens (including phenoxy) is 1. The Kier molecular flexibility index (Phi) is 3.72. The second kappa shape index (κ2) is 5.45. The average molecular weight is 246 g/mol. The molecule has 0 aliphatic carbocycles. The minimum Gasteiger partial charge on any atom is -0.486 e. The Morgan fingerprint density at radius 1 is 1.00 bits per heavy atom. The van der Waals surface area contributed by atoms with Crippen molar-refractivity contribution in [1.29, 1.82) is 0 Å². The number of rotatable bonds is 4. The van der Waals surface area contributed by atoms with E-state index in [9.17, 15) is 8.78 Å². The van der Waals surface area contributed by atoms with Gasteiger partial charge in [-0.15, -0.1) is 0 Å². The summed E-state index contributed by atoms with van der Waals surface area (Å²) >= 11 is 0. The molecule has 0 bridgehead atoms. The first-order valence-electron chi connectivity index (χ1n) is 5.51. The molecule has 0 unspecified atom stereocenters. The molecule has 0 aromatic heterocycles. The highest BCUT2D eigenvalue weighted by molar-refractivity contribution is 5.65. The minimum atomic E-state index is -0.974. The lowest BCUT2D eigenvalue weighted by Crippen LogP contribution is -1.99. The van der Waals surface area contributed by atoms with E-state index in [-0.39, 0.29) is 17.9 Å². The molecule has 2 rings (SSSR count). The van der Waals surface area contributed by atoms with Crippen LogP contribution in [0.4, 0.5) is 8.78 Å². The van der Waals surface area contributed by atoms with Crippen LogP contribution in [0.25, 0.3) is 11.1 Å². The van der Waals surface area contributed by atoms with Gasteiger partial charge in [-0.1, -0.05) is 43.0 Å². The van der Waals surface area contributed by atoms with Gasteiger partial charge in [-0.05, 0) is 17.7 Å². The molecule has 2 aromatic carbocycles. The van der Waals surface area contributed by atoms with E-state index in [1.807, 2.05) is 6.07 Å². The number of hydrogen-bond donors (Lipinski definition) is 0. The summed E-state index contributed by atoms with van der Waals surface area (Å²) in [6, 6.07) is 11.7. The van der Waals surface area contributed by atoms with E-state index in [1.54, 1.807) is 24.3 Å². The molecule has 0 saturated carbocycles. The monoisotopic (exact) mass is 246 g/mol. The zero-order valence-corrected chi connectivity index (χ0v) is 9.70. The molecule has 0 aliphatic heterocycles. The van der Waals surface area contributed by atoms with E-state index in [0.29, 0.717) is 5.56 Å². The summed E-state index contributed by atoms with van der Waals surface area (Å²) in [5.74, 6) is -1.98. The van der Waals surface area contributed by atoms with Crippen molar-refractivity contribution in [2.45, 2.75) is 0 Å². The van der Waals surface area contributed by atoms with E-state index in [4.69, 9.17) is 4.74 Å². The van der Waals surface area contributed by atoms with Crippen LogP contribution in [0.5, 0.6) is 5.75 Å². The summed E-state index contributed by atoms with van der Waals surface area (Å²) in [5, 5.41) is 0. The van der Waals surface area contributed by atoms with Crippen LogP contribution in [0.15, 0.2) is 55.1 Å². The fourth-order valence-corrected chi connectivity index (χ4v) is 1.63. The van der Waals surface area contributed by atoms with E-state index >= 15 is 0 Å². The lowest BCUT2D eigenvalue weighted by Gasteiger charge is -2.09. The highest BCUT2D eigenvalue weighted by Crippen LogP contribution is 2.29. The molecule has 0 amide bonds. The molecule has 1 nitrogen and oxygen atoms in total. The van der Waals surface area contributed by atoms with Crippen LogP contribution >= 0.6 is 0 Å². The van der Waals surface area contributed by atoms with Gasteiger partial charge >= 0.3 is 0 Å². The molecule has 0 atom stereocenters. The van der Waals surface area contributed by atoms with E-state index < -0.39 is 11.6 Å². The minimum absolute atomic E-state index is 0.105. The third-order valence-electron chi connectivity index (χ3n) is 2.49. The second-order valence-corrected chi connectivity index (χ2v) is 3.70. The smallest absolute Gasteiger partial charge is 0.201 e. The van der Waals surface area contributed by atoms with Crippen molar-refractivity contribution in [3.05, 3.63) is 66.8 Å². The molecule has 2 aromatic rings. The first-order chi connectivity index (χ1) is 8.74. The van der Waals surface area contributed by atoms with Crippen LogP contribution < -0.4 is 4.74 Å². The standard InChI is InChI=1S/C15H12F2O/c1-2-10-18-13-9-8-12(14(16)15(13)17)11-6-4-3-5-7-11/h2-9H,1,10H2. The second-order valence-electron chi connectivity index (χ2n) is 3.70. The van der Waals surface area contributed by atoms with Crippen molar-refractivity contribution in [1.82, 2.24) is 0 Å². The summed E-state index contributed by atoms with van der Waals surface area (Å²) in [7, 11) is 0. The van der Waals surface area contributed by atoms with Gasteiger partial charge in [0.1, 0.15) is 6.61 Å². The third-order valence-corrected chi connectivity index (χ3v) is 2.49. The van der Waals surface area contributed by atoms with Crippen molar-refractivity contribution in [2.24, 2.45) is 0 Å². The SMILES string of the molecule is C=CCOc1ccc(-c2ccccc2)c(F)c1F. The first-order valence-corrected chi connectivity index (χ1v) is 5.51. The normalized spacial score (nSPS) is 10.1. The average Bonchev–Trinajstić information content (AvgIpc) is 2.41. The summed E-state index contributed by atoms with van der Waals surface area (Å²) in [6.07, 6.45) is 1.47. The van der Waals surface area contributed by atoms with Crippen molar-refractivity contribution in [3.63, 3.8) is 0 Å². The fourth-order valence-electron chi connectivity index (χ4n) is 1.63. The fraction of sp³-hybridized carbons (Fsp3) is 0.0667. The van der Waals surface area contributed by atoms with Gasteiger partial charge in [0.15, 0.2) is 11.6 Å². The van der Waals surface area contributed by atoms with Crippen LogP contribution in [0, 0.1) is 11.6 Å². The number of halogens is 2. The summed E-state index contributed by atoms with van der Waals surface area (Å²) in [4.78, 5) is 0. The van der Waals surface area contributed by atoms with Crippen molar-refractivity contribution >= 4 is 0 Å². The molecule has 92 valence electrons. The Labute approximate surface area is 104 Å². The van der Waals surface area contributed by atoms with Crippen molar-refractivity contribution in [3.8, 4) is 16.9 Å². The summed E-state index contributed by atoms with van der Waals surface area (Å²) in [5.41, 5.74) is 0.850. The maximum atomic E-state index is 13.9. The molecular weight excluding hydrogens is 234 g/mol. The van der Waals surface area contributed by atoms with Crippen LogP contribution in [-0.4, -0.2) is 6.61 Å². The molecule has 3 heteroatoms. The Morgan fingerprint density at radius 3 is 2.39 bits per heavy atom. The largest absolute Gasteiger partial charge is 0.486 e. The topological polar surface area (TPSA) is 9.23 Å². The molecular formula is C15H12F2O. The van der Waals surface area contributed by atoms with Gasteiger partial charge in [0, 0.05) is 5.56 Å². The lowest BCUT2D eigenvalue weighted by atomic mass is 10.0. The van der Waals surface area contributed by atoms with E-state index in [2.05, 4.69) is 6.58 Å². The van der Waals surface area contributed by atoms with Gasteiger partial charge in [-0.2, -0.15) is 4.39 Å².